The molecular weight excluding hydrogens is 260 g/mol. The summed E-state index contributed by atoms with van der Waals surface area (Å²) in [5.41, 5.74) is 2.50. The molecule has 1 unspecified atom stereocenters. The lowest BCUT2D eigenvalue weighted by Crippen LogP contribution is -2.45. The van der Waals surface area contributed by atoms with Crippen LogP contribution in [0.2, 0.25) is 0 Å². The standard InChI is InChI=1S/C18H28N2O/c1-14-9-8-10-17(13-14)15(2)19-16(3)18(21)20-11-6-4-5-7-12-20/h8-10,13,15-16,19H,4-7,11-12H2,1-3H3/t15-,16?/m0/s1. The minimum atomic E-state index is -0.126. The number of rotatable bonds is 4. The lowest BCUT2D eigenvalue weighted by molar-refractivity contribution is -0.133. The molecule has 1 heterocycles. The van der Waals surface area contributed by atoms with Gasteiger partial charge in [0.1, 0.15) is 0 Å². The van der Waals surface area contributed by atoms with E-state index in [1.165, 1.54) is 24.0 Å². The van der Waals surface area contributed by atoms with Crippen molar-refractivity contribution in [1.82, 2.24) is 10.2 Å². The average Bonchev–Trinajstić information content (AvgIpc) is 2.75. The molecule has 3 heteroatoms. The van der Waals surface area contributed by atoms with Crippen LogP contribution in [0.3, 0.4) is 0 Å². The lowest BCUT2D eigenvalue weighted by Gasteiger charge is -2.27. The van der Waals surface area contributed by atoms with Gasteiger partial charge in [-0.2, -0.15) is 0 Å². The van der Waals surface area contributed by atoms with Gasteiger partial charge in [-0.25, -0.2) is 0 Å². The molecule has 0 aromatic heterocycles. The van der Waals surface area contributed by atoms with E-state index in [1.54, 1.807) is 0 Å². The first-order chi connectivity index (χ1) is 10.1. The Morgan fingerprint density at radius 1 is 1.14 bits per heavy atom. The fourth-order valence-corrected chi connectivity index (χ4v) is 3.05. The van der Waals surface area contributed by atoms with Crippen LogP contribution in [-0.4, -0.2) is 29.9 Å². The van der Waals surface area contributed by atoms with Crippen molar-refractivity contribution in [2.24, 2.45) is 0 Å². The number of amides is 1. The van der Waals surface area contributed by atoms with Gasteiger partial charge in [-0.15, -0.1) is 0 Å². The molecule has 0 aliphatic carbocycles. The highest BCUT2D eigenvalue weighted by Gasteiger charge is 2.22. The smallest absolute Gasteiger partial charge is 0.239 e. The molecule has 0 spiro atoms. The number of benzene rings is 1. The van der Waals surface area contributed by atoms with Crippen molar-refractivity contribution in [1.29, 1.82) is 0 Å². The van der Waals surface area contributed by atoms with Crippen molar-refractivity contribution in [3.05, 3.63) is 35.4 Å². The van der Waals surface area contributed by atoms with Crippen LogP contribution in [0, 0.1) is 6.92 Å². The molecule has 1 aliphatic heterocycles. The summed E-state index contributed by atoms with van der Waals surface area (Å²) in [5.74, 6) is 0.247. The van der Waals surface area contributed by atoms with Gasteiger partial charge in [0.05, 0.1) is 6.04 Å². The third-order valence-corrected chi connectivity index (χ3v) is 4.33. The molecule has 3 nitrogen and oxygen atoms in total. The van der Waals surface area contributed by atoms with Crippen LogP contribution in [0.15, 0.2) is 24.3 Å². The van der Waals surface area contributed by atoms with Crippen LogP contribution in [0.1, 0.15) is 56.7 Å². The van der Waals surface area contributed by atoms with Crippen molar-refractivity contribution in [3.8, 4) is 0 Å². The number of carbonyl (C=O) groups excluding carboxylic acids is 1. The number of hydrogen-bond acceptors (Lipinski definition) is 2. The molecule has 21 heavy (non-hydrogen) atoms. The molecule has 1 fully saturated rings. The minimum absolute atomic E-state index is 0.126. The van der Waals surface area contributed by atoms with Gasteiger partial charge in [0.25, 0.3) is 0 Å². The van der Waals surface area contributed by atoms with Crippen molar-refractivity contribution >= 4 is 5.91 Å². The van der Waals surface area contributed by atoms with Gasteiger partial charge in [0, 0.05) is 19.1 Å². The maximum atomic E-state index is 12.5. The SMILES string of the molecule is Cc1cccc([C@H](C)NC(C)C(=O)N2CCCCCC2)c1. The molecule has 2 atom stereocenters. The highest BCUT2D eigenvalue weighted by molar-refractivity contribution is 5.81. The van der Waals surface area contributed by atoms with E-state index in [4.69, 9.17) is 0 Å². The van der Waals surface area contributed by atoms with Crippen LogP contribution in [0.25, 0.3) is 0 Å². The summed E-state index contributed by atoms with van der Waals surface area (Å²) < 4.78 is 0. The summed E-state index contributed by atoms with van der Waals surface area (Å²) in [6.07, 6.45) is 4.80. The summed E-state index contributed by atoms with van der Waals surface area (Å²) in [7, 11) is 0. The Balaban J connectivity index is 1.93. The van der Waals surface area contributed by atoms with Gasteiger partial charge in [0.2, 0.25) is 5.91 Å². The van der Waals surface area contributed by atoms with E-state index in [9.17, 15) is 4.79 Å². The second-order valence-corrected chi connectivity index (χ2v) is 6.26. The Morgan fingerprint density at radius 3 is 2.43 bits per heavy atom. The quantitative estimate of drug-likeness (QED) is 0.920. The summed E-state index contributed by atoms with van der Waals surface area (Å²) >= 11 is 0. The molecule has 1 amide bonds. The molecule has 1 aromatic rings. The van der Waals surface area contributed by atoms with E-state index in [0.29, 0.717) is 0 Å². The first-order valence-corrected chi connectivity index (χ1v) is 8.19. The predicted molar refractivity (Wildman–Crippen MR) is 87.2 cm³/mol. The molecule has 0 radical (unpaired) electrons. The number of nitrogens with zero attached hydrogens (tertiary/aromatic N) is 1. The van der Waals surface area contributed by atoms with Crippen molar-refractivity contribution in [2.45, 2.75) is 58.5 Å². The first kappa shape index (κ1) is 16.0. The number of likely N-dealkylation sites (tertiary alicyclic amines) is 1. The molecular formula is C18H28N2O. The zero-order chi connectivity index (χ0) is 15.2. The average molecular weight is 288 g/mol. The number of aryl methyl sites for hydroxylation is 1. The normalized spacial score (nSPS) is 18.9. The van der Waals surface area contributed by atoms with Crippen molar-refractivity contribution in [2.75, 3.05) is 13.1 Å². The largest absolute Gasteiger partial charge is 0.341 e. The van der Waals surface area contributed by atoms with E-state index in [0.717, 1.165) is 25.9 Å². The Labute approximate surface area is 128 Å². The molecule has 1 aromatic carbocycles. The topological polar surface area (TPSA) is 32.3 Å². The lowest BCUT2D eigenvalue weighted by atomic mass is 10.0. The fraction of sp³-hybridized carbons (Fsp3) is 0.611. The highest BCUT2D eigenvalue weighted by atomic mass is 16.2. The van der Waals surface area contributed by atoms with E-state index in [-0.39, 0.29) is 18.0 Å². The summed E-state index contributed by atoms with van der Waals surface area (Å²) in [6.45, 7) is 8.05. The summed E-state index contributed by atoms with van der Waals surface area (Å²) in [5, 5.41) is 3.45. The molecule has 1 aliphatic rings. The number of carbonyl (C=O) groups is 1. The Kier molecular flexibility index (Phi) is 5.80. The maximum Gasteiger partial charge on any atom is 0.239 e. The van der Waals surface area contributed by atoms with Gasteiger partial charge in [-0.05, 0) is 39.2 Å². The third kappa shape index (κ3) is 4.57. The maximum absolute atomic E-state index is 12.5. The monoisotopic (exact) mass is 288 g/mol. The second kappa shape index (κ2) is 7.60. The van der Waals surface area contributed by atoms with E-state index in [2.05, 4.69) is 43.4 Å². The second-order valence-electron chi connectivity index (χ2n) is 6.26. The van der Waals surface area contributed by atoms with Gasteiger partial charge in [-0.1, -0.05) is 42.7 Å². The Hall–Kier alpha value is -1.35. The molecule has 0 bridgehead atoms. The minimum Gasteiger partial charge on any atom is -0.341 e. The zero-order valence-electron chi connectivity index (χ0n) is 13.6. The molecule has 1 saturated heterocycles. The van der Waals surface area contributed by atoms with Gasteiger partial charge >= 0.3 is 0 Å². The van der Waals surface area contributed by atoms with E-state index >= 15 is 0 Å². The van der Waals surface area contributed by atoms with Crippen LogP contribution in [0.5, 0.6) is 0 Å². The zero-order valence-corrected chi connectivity index (χ0v) is 13.6. The Bertz CT molecular complexity index is 464. The highest BCUT2D eigenvalue weighted by Crippen LogP contribution is 2.16. The van der Waals surface area contributed by atoms with Crippen LogP contribution < -0.4 is 5.32 Å². The third-order valence-electron chi connectivity index (χ3n) is 4.33. The predicted octanol–water partition coefficient (Wildman–Crippen LogP) is 3.44. The van der Waals surface area contributed by atoms with Gasteiger partial charge in [0.15, 0.2) is 0 Å². The van der Waals surface area contributed by atoms with Crippen LogP contribution >= 0.6 is 0 Å². The number of nitrogens with one attached hydrogen (secondary N) is 1. The summed E-state index contributed by atoms with van der Waals surface area (Å²) in [4.78, 5) is 14.6. The molecule has 0 saturated carbocycles. The first-order valence-electron chi connectivity index (χ1n) is 8.19. The van der Waals surface area contributed by atoms with Gasteiger partial charge < -0.3 is 4.90 Å². The van der Waals surface area contributed by atoms with E-state index < -0.39 is 0 Å². The molecule has 1 N–H and O–H groups in total. The molecule has 2 rings (SSSR count). The summed E-state index contributed by atoms with van der Waals surface area (Å²) in [6, 6.07) is 8.54. The fourth-order valence-electron chi connectivity index (χ4n) is 3.05. The van der Waals surface area contributed by atoms with E-state index in [1.807, 2.05) is 11.8 Å². The van der Waals surface area contributed by atoms with Crippen LogP contribution in [-0.2, 0) is 4.79 Å². The van der Waals surface area contributed by atoms with Gasteiger partial charge in [-0.3, -0.25) is 10.1 Å². The number of hydrogen-bond donors (Lipinski definition) is 1. The Morgan fingerprint density at radius 2 is 1.81 bits per heavy atom. The van der Waals surface area contributed by atoms with Crippen LogP contribution in [0.4, 0.5) is 0 Å². The van der Waals surface area contributed by atoms with Crippen molar-refractivity contribution in [3.63, 3.8) is 0 Å². The van der Waals surface area contributed by atoms with Crippen molar-refractivity contribution < 1.29 is 4.79 Å². The molecule has 116 valence electrons.